The van der Waals surface area contributed by atoms with Gasteiger partial charge in [0.15, 0.2) is 0 Å². The molecule has 2 amide bonds. The van der Waals surface area contributed by atoms with Gasteiger partial charge in [-0.2, -0.15) is 0 Å². The first-order valence-electron chi connectivity index (χ1n) is 7.85. The monoisotopic (exact) mass is 300 g/mol. The highest BCUT2D eigenvalue weighted by atomic mass is 16.5. The summed E-state index contributed by atoms with van der Waals surface area (Å²) in [4.78, 5) is 23.2. The minimum atomic E-state index is -0.790. The van der Waals surface area contributed by atoms with Gasteiger partial charge in [-0.05, 0) is 32.1 Å². The molecule has 6 heteroatoms. The van der Waals surface area contributed by atoms with Crippen LogP contribution in [0.2, 0.25) is 0 Å². The zero-order valence-electron chi connectivity index (χ0n) is 13.0. The summed E-state index contributed by atoms with van der Waals surface area (Å²) in [6, 6.07) is -0.270. The van der Waals surface area contributed by atoms with Gasteiger partial charge in [0, 0.05) is 26.8 Å². The third kappa shape index (κ3) is 6.33. The number of hydrogen-bond acceptors (Lipinski definition) is 3. The van der Waals surface area contributed by atoms with Crippen LogP contribution in [-0.2, 0) is 9.53 Å². The molecular weight excluding hydrogens is 272 g/mol. The first kappa shape index (κ1) is 17.8. The molecule has 0 aromatic rings. The summed E-state index contributed by atoms with van der Waals surface area (Å²) in [5, 5.41) is 14.9. The number of urea groups is 1. The molecule has 0 aromatic heterocycles. The van der Waals surface area contributed by atoms with Gasteiger partial charge in [0.2, 0.25) is 0 Å². The van der Waals surface area contributed by atoms with E-state index in [0.717, 1.165) is 45.1 Å². The largest absolute Gasteiger partial charge is 0.481 e. The Labute approximate surface area is 126 Å². The van der Waals surface area contributed by atoms with Crippen LogP contribution in [0.3, 0.4) is 0 Å². The number of ether oxygens (including phenoxy) is 1. The van der Waals surface area contributed by atoms with Crippen molar-refractivity contribution >= 4 is 12.0 Å². The molecule has 3 N–H and O–H groups in total. The van der Waals surface area contributed by atoms with E-state index in [4.69, 9.17) is 4.74 Å². The Hall–Kier alpha value is -1.30. The number of aliphatic carboxylic acids is 1. The summed E-state index contributed by atoms with van der Waals surface area (Å²) < 4.78 is 4.95. The average molecular weight is 300 g/mol. The maximum atomic E-state index is 11.7. The molecule has 0 heterocycles. The van der Waals surface area contributed by atoms with Crippen LogP contribution < -0.4 is 10.6 Å². The van der Waals surface area contributed by atoms with Crippen LogP contribution in [-0.4, -0.2) is 43.9 Å². The van der Waals surface area contributed by atoms with Crippen molar-refractivity contribution in [1.82, 2.24) is 10.6 Å². The SMILES string of the molecule is COCCCCCNC(=O)NCC1(C(=O)O)CCCCC1. The smallest absolute Gasteiger partial charge is 0.314 e. The lowest BCUT2D eigenvalue weighted by Gasteiger charge is -2.33. The highest BCUT2D eigenvalue weighted by Gasteiger charge is 2.39. The zero-order chi connectivity index (χ0) is 15.6. The van der Waals surface area contributed by atoms with Crippen LogP contribution in [0.25, 0.3) is 0 Å². The van der Waals surface area contributed by atoms with Gasteiger partial charge >= 0.3 is 12.0 Å². The molecule has 0 aromatic carbocycles. The maximum Gasteiger partial charge on any atom is 0.314 e. The Morgan fingerprint density at radius 1 is 1.10 bits per heavy atom. The summed E-state index contributed by atoms with van der Waals surface area (Å²) in [5.74, 6) is -0.790. The number of rotatable bonds is 9. The van der Waals surface area contributed by atoms with Gasteiger partial charge < -0.3 is 20.5 Å². The molecule has 1 fully saturated rings. The number of carbonyl (C=O) groups excluding carboxylic acids is 1. The summed E-state index contributed by atoms with van der Waals surface area (Å²) in [5.41, 5.74) is -0.770. The van der Waals surface area contributed by atoms with Crippen molar-refractivity contribution in [2.45, 2.75) is 51.4 Å². The normalized spacial score (nSPS) is 17.2. The second-order valence-corrected chi connectivity index (χ2v) is 5.81. The van der Waals surface area contributed by atoms with Gasteiger partial charge in [0.25, 0.3) is 0 Å². The van der Waals surface area contributed by atoms with Crippen LogP contribution >= 0.6 is 0 Å². The molecule has 6 nitrogen and oxygen atoms in total. The summed E-state index contributed by atoms with van der Waals surface area (Å²) in [7, 11) is 1.68. The lowest BCUT2D eigenvalue weighted by Crippen LogP contribution is -2.47. The molecule has 1 saturated carbocycles. The van der Waals surface area contributed by atoms with Gasteiger partial charge in [-0.25, -0.2) is 4.79 Å². The summed E-state index contributed by atoms with van der Waals surface area (Å²) >= 11 is 0. The molecule has 1 rings (SSSR count). The fourth-order valence-corrected chi connectivity index (χ4v) is 2.76. The molecule has 0 bridgehead atoms. The predicted octanol–water partition coefficient (Wildman–Crippen LogP) is 2.14. The fourth-order valence-electron chi connectivity index (χ4n) is 2.76. The highest BCUT2D eigenvalue weighted by molar-refractivity contribution is 5.78. The molecule has 0 spiro atoms. The van der Waals surface area contributed by atoms with Crippen molar-refractivity contribution in [3.05, 3.63) is 0 Å². The van der Waals surface area contributed by atoms with Crippen LogP contribution in [0, 0.1) is 5.41 Å². The number of hydrogen-bond donors (Lipinski definition) is 3. The molecule has 0 saturated heterocycles. The van der Waals surface area contributed by atoms with E-state index in [2.05, 4.69) is 10.6 Å². The van der Waals surface area contributed by atoms with E-state index < -0.39 is 11.4 Å². The lowest BCUT2D eigenvalue weighted by atomic mass is 9.74. The first-order chi connectivity index (χ1) is 10.1. The second kappa shape index (κ2) is 9.60. The van der Waals surface area contributed by atoms with Crippen LogP contribution in [0.15, 0.2) is 0 Å². The van der Waals surface area contributed by atoms with E-state index in [1.54, 1.807) is 7.11 Å². The Bertz CT molecular complexity index is 328. The lowest BCUT2D eigenvalue weighted by molar-refractivity contribution is -0.150. The van der Waals surface area contributed by atoms with Gasteiger partial charge in [-0.3, -0.25) is 4.79 Å². The van der Waals surface area contributed by atoms with Crippen molar-refractivity contribution in [2.24, 2.45) is 5.41 Å². The van der Waals surface area contributed by atoms with Crippen LogP contribution in [0.5, 0.6) is 0 Å². The second-order valence-electron chi connectivity index (χ2n) is 5.81. The molecule has 0 unspecified atom stereocenters. The van der Waals surface area contributed by atoms with E-state index >= 15 is 0 Å². The number of nitrogens with one attached hydrogen (secondary N) is 2. The first-order valence-corrected chi connectivity index (χ1v) is 7.85. The maximum absolute atomic E-state index is 11.7. The van der Waals surface area contributed by atoms with Gasteiger partial charge in [0.1, 0.15) is 0 Å². The number of methoxy groups -OCH3 is 1. The molecule has 1 aliphatic rings. The van der Waals surface area contributed by atoms with Crippen LogP contribution in [0.1, 0.15) is 51.4 Å². The number of amides is 2. The fraction of sp³-hybridized carbons (Fsp3) is 0.867. The summed E-state index contributed by atoms with van der Waals surface area (Å²) in [6.45, 7) is 1.57. The Morgan fingerprint density at radius 2 is 1.81 bits per heavy atom. The zero-order valence-corrected chi connectivity index (χ0v) is 13.0. The Balaban J connectivity index is 2.20. The van der Waals surface area contributed by atoms with Crippen molar-refractivity contribution in [3.63, 3.8) is 0 Å². The summed E-state index contributed by atoms with van der Waals surface area (Å²) in [6.07, 6.45) is 7.14. The van der Waals surface area contributed by atoms with Gasteiger partial charge in [-0.1, -0.05) is 19.3 Å². The number of carbonyl (C=O) groups is 2. The highest BCUT2D eigenvalue weighted by Crippen LogP contribution is 2.35. The van der Waals surface area contributed by atoms with E-state index in [-0.39, 0.29) is 12.6 Å². The van der Waals surface area contributed by atoms with Crippen molar-refractivity contribution in [2.75, 3.05) is 26.8 Å². The van der Waals surface area contributed by atoms with E-state index in [1.807, 2.05) is 0 Å². The minimum Gasteiger partial charge on any atom is -0.481 e. The number of carboxylic acid groups (broad SMARTS) is 1. The average Bonchev–Trinajstić information content (AvgIpc) is 2.49. The van der Waals surface area contributed by atoms with Gasteiger partial charge in [-0.15, -0.1) is 0 Å². The Morgan fingerprint density at radius 3 is 2.43 bits per heavy atom. The van der Waals surface area contributed by atoms with Gasteiger partial charge in [0.05, 0.1) is 5.41 Å². The van der Waals surface area contributed by atoms with E-state index in [1.165, 1.54) is 0 Å². The van der Waals surface area contributed by atoms with E-state index in [9.17, 15) is 14.7 Å². The Kier molecular flexibility index (Phi) is 8.12. The van der Waals surface area contributed by atoms with Crippen LogP contribution in [0.4, 0.5) is 4.79 Å². The predicted molar refractivity (Wildman–Crippen MR) is 80.3 cm³/mol. The van der Waals surface area contributed by atoms with Crippen molar-refractivity contribution in [1.29, 1.82) is 0 Å². The molecule has 122 valence electrons. The molecule has 0 radical (unpaired) electrons. The van der Waals surface area contributed by atoms with Crippen molar-refractivity contribution in [3.8, 4) is 0 Å². The minimum absolute atomic E-state index is 0.220. The molecule has 0 atom stereocenters. The molecular formula is C15H28N2O4. The third-order valence-corrected chi connectivity index (χ3v) is 4.16. The van der Waals surface area contributed by atoms with E-state index in [0.29, 0.717) is 19.4 Å². The quantitative estimate of drug-likeness (QED) is 0.569. The molecule has 1 aliphatic carbocycles. The standard InChI is InChI=1S/C15H28N2O4/c1-21-11-7-3-6-10-16-14(20)17-12-15(13(18)19)8-4-2-5-9-15/h2-12H2,1H3,(H,18,19)(H2,16,17,20). The third-order valence-electron chi connectivity index (χ3n) is 4.16. The molecule has 0 aliphatic heterocycles. The van der Waals surface area contributed by atoms with Crippen molar-refractivity contribution < 1.29 is 19.4 Å². The topological polar surface area (TPSA) is 87.7 Å². The molecule has 21 heavy (non-hydrogen) atoms. The number of unbranched alkanes of at least 4 members (excludes halogenated alkanes) is 2. The number of carboxylic acids is 1.